The molecule has 1 heterocycles. The first-order valence-corrected chi connectivity index (χ1v) is 5.88. The molecule has 0 aliphatic carbocycles. The van der Waals surface area contributed by atoms with Crippen LogP contribution in [0.25, 0.3) is 0 Å². The average Bonchev–Trinajstić information content (AvgIpc) is 2.63. The van der Waals surface area contributed by atoms with E-state index < -0.39 is 10.9 Å². The fourth-order valence-corrected chi connectivity index (χ4v) is 1.70. The maximum absolute atomic E-state index is 11.6. The van der Waals surface area contributed by atoms with Gasteiger partial charge in [-0.3, -0.25) is 24.4 Å². The van der Waals surface area contributed by atoms with Gasteiger partial charge in [-0.15, -0.1) is 0 Å². The number of methoxy groups -OCH3 is 1. The summed E-state index contributed by atoms with van der Waals surface area (Å²) in [5.41, 5.74) is 0.484. The number of carbonyl (C=O) groups is 2. The van der Waals surface area contributed by atoms with Crippen molar-refractivity contribution in [3.05, 3.63) is 21.5 Å². The van der Waals surface area contributed by atoms with Gasteiger partial charge in [-0.05, 0) is 13.8 Å². The number of aromatic nitrogens is 2. The van der Waals surface area contributed by atoms with E-state index in [9.17, 15) is 19.7 Å². The summed E-state index contributed by atoms with van der Waals surface area (Å²) in [6.07, 6.45) is 0.0690. The second kappa shape index (κ2) is 6.64. The van der Waals surface area contributed by atoms with Crippen LogP contribution < -0.4 is 5.32 Å². The Morgan fingerprint density at radius 1 is 1.45 bits per heavy atom. The summed E-state index contributed by atoms with van der Waals surface area (Å²) in [5.74, 6) is -0.804. The number of hydrogen-bond donors (Lipinski definition) is 1. The van der Waals surface area contributed by atoms with Crippen molar-refractivity contribution in [3.8, 4) is 0 Å². The van der Waals surface area contributed by atoms with Gasteiger partial charge in [-0.1, -0.05) is 0 Å². The van der Waals surface area contributed by atoms with Gasteiger partial charge in [0, 0.05) is 6.54 Å². The Kier molecular flexibility index (Phi) is 5.18. The largest absolute Gasteiger partial charge is 0.469 e. The SMILES string of the molecule is COC(=O)CCNC(=O)Cn1nc(C)c([N+](=O)[O-])c1C. The summed E-state index contributed by atoms with van der Waals surface area (Å²) in [5, 5.41) is 17.3. The topological polar surface area (TPSA) is 116 Å². The number of esters is 1. The van der Waals surface area contributed by atoms with Crippen LogP contribution >= 0.6 is 0 Å². The second-order valence-electron chi connectivity index (χ2n) is 4.11. The van der Waals surface area contributed by atoms with E-state index in [4.69, 9.17) is 0 Å². The second-order valence-corrected chi connectivity index (χ2v) is 4.11. The summed E-state index contributed by atoms with van der Waals surface area (Å²) in [6.45, 7) is 3.05. The fraction of sp³-hybridized carbons (Fsp3) is 0.545. The van der Waals surface area contributed by atoms with Gasteiger partial charge >= 0.3 is 11.7 Å². The van der Waals surface area contributed by atoms with Crippen LogP contribution in [0.3, 0.4) is 0 Å². The standard InChI is InChI=1S/C11H16N4O5/c1-7-11(15(18)19)8(2)14(13-7)6-9(16)12-5-4-10(17)20-3/h4-6H2,1-3H3,(H,12,16). The van der Waals surface area contributed by atoms with Crippen molar-refractivity contribution in [2.24, 2.45) is 0 Å². The minimum absolute atomic E-state index is 0.0690. The van der Waals surface area contributed by atoms with Crippen LogP contribution in [0.2, 0.25) is 0 Å². The molecule has 9 heteroatoms. The lowest BCUT2D eigenvalue weighted by Crippen LogP contribution is -2.30. The van der Waals surface area contributed by atoms with Crippen LogP contribution in [0.4, 0.5) is 5.69 Å². The highest BCUT2D eigenvalue weighted by Gasteiger charge is 2.22. The van der Waals surface area contributed by atoms with Crippen LogP contribution in [-0.4, -0.2) is 40.2 Å². The van der Waals surface area contributed by atoms with Crippen molar-refractivity contribution in [3.63, 3.8) is 0 Å². The minimum atomic E-state index is -0.524. The molecule has 0 bridgehead atoms. The zero-order valence-electron chi connectivity index (χ0n) is 11.5. The van der Waals surface area contributed by atoms with E-state index >= 15 is 0 Å². The van der Waals surface area contributed by atoms with E-state index in [-0.39, 0.29) is 36.8 Å². The van der Waals surface area contributed by atoms with E-state index in [0.29, 0.717) is 5.69 Å². The number of ether oxygens (including phenoxy) is 1. The third kappa shape index (κ3) is 3.77. The molecule has 9 nitrogen and oxygen atoms in total. The molecule has 0 spiro atoms. The molecule has 0 fully saturated rings. The Labute approximate surface area is 115 Å². The third-order valence-electron chi connectivity index (χ3n) is 2.70. The average molecular weight is 284 g/mol. The quantitative estimate of drug-likeness (QED) is 0.449. The number of amides is 1. The van der Waals surface area contributed by atoms with Crippen LogP contribution in [0.15, 0.2) is 0 Å². The molecule has 1 rings (SSSR count). The first-order valence-electron chi connectivity index (χ1n) is 5.88. The normalized spacial score (nSPS) is 10.2. The fourth-order valence-electron chi connectivity index (χ4n) is 1.70. The molecule has 0 aliphatic heterocycles. The maximum Gasteiger partial charge on any atom is 0.312 e. The highest BCUT2D eigenvalue weighted by atomic mass is 16.6. The molecule has 110 valence electrons. The van der Waals surface area contributed by atoms with Crippen molar-refractivity contribution in [2.45, 2.75) is 26.8 Å². The number of nitro groups is 1. The van der Waals surface area contributed by atoms with Crippen LogP contribution in [-0.2, 0) is 20.9 Å². The summed E-state index contributed by atoms with van der Waals surface area (Å²) < 4.78 is 5.70. The van der Waals surface area contributed by atoms with E-state index in [1.807, 2.05) is 0 Å². The Balaban J connectivity index is 2.61. The Bertz CT molecular complexity index is 537. The van der Waals surface area contributed by atoms with Crippen LogP contribution in [0.5, 0.6) is 0 Å². The summed E-state index contributed by atoms with van der Waals surface area (Å²) in [4.78, 5) is 32.8. The lowest BCUT2D eigenvalue weighted by atomic mass is 10.3. The van der Waals surface area contributed by atoms with Gasteiger partial charge in [0.15, 0.2) is 0 Å². The Morgan fingerprint density at radius 2 is 2.10 bits per heavy atom. The molecule has 1 aromatic rings. The van der Waals surface area contributed by atoms with Gasteiger partial charge in [-0.2, -0.15) is 5.10 Å². The Morgan fingerprint density at radius 3 is 2.60 bits per heavy atom. The number of nitrogens with zero attached hydrogens (tertiary/aromatic N) is 3. The molecule has 1 N–H and O–H groups in total. The molecular formula is C11H16N4O5. The molecular weight excluding hydrogens is 268 g/mol. The summed E-state index contributed by atoms with van der Waals surface area (Å²) in [7, 11) is 1.26. The number of rotatable bonds is 6. The molecule has 1 amide bonds. The molecule has 20 heavy (non-hydrogen) atoms. The first kappa shape index (κ1) is 15.6. The van der Waals surface area contributed by atoms with Crippen molar-refractivity contribution in [1.82, 2.24) is 15.1 Å². The number of carbonyl (C=O) groups excluding carboxylic acids is 2. The maximum atomic E-state index is 11.6. The zero-order chi connectivity index (χ0) is 15.3. The van der Waals surface area contributed by atoms with Gasteiger partial charge in [0.05, 0.1) is 18.5 Å². The zero-order valence-corrected chi connectivity index (χ0v) is 11.5. The highest BCUT2D eigenvalue weighted by molar-refractivity contribution is 5.77. The van der Waals surface area contributed by atoms with Gasteiger partial charge in [0.2, 0.25) is 5.91 Å². The number of aryl methyl sites for hydroxylation is 1. The van der Waals surface area contributed by atoms with Gasteiger partial charge < -0.3 is 10.1 Å². The molecule has 0 aromatic carbocycles. The lowest BCUT2D eigenvalue weighted by Gasteiger charge is -2.05. The predicted molar refractivity (Wildman–Crippen MR) is 68.0 cm³/mol. The molecule has 0 atom stereocenters. The first-order chi connectivity index (χ1) is 9.36. The van der Waals surface area contributed by atoms with Crippen molar-refractivity contribution in [2.75, 3.05) is 13.7 Å². The monoisotopic (exact) mass is 284 g/mol. The van der Waals surface area contributed by atoms with Crippen LogP contribution in [0.1, 0.15) is 17.8 Å². The third-order valence-corrected chi connectivity index (χ3v) is 2.70. The summed E-state index contributed by atoms with van der Waals surface area (Å²) in [6, 6.07) is 0. The van der Waals surface area contributed by atoms with E-state index in [2.05, 4.69) is 15.2 Å². The molecule has 0 saturated heterocycles. The van der Waals surface area contributed by atoms with Crippen molar-refractivity contribution >= 4 is 17.6 Å². The van der Waals surface area contributed by atoms with Gasteiger partial charge in [0.25, 0.3) is 0 Å². The van der Waals surface area contributed by atoms with Gasteiger partial charge in [-0.25, -0.2) is 0 Å². The van der Waals surface area contributed by atoms with E-state index in [1.165, 1.54) is 25.6 Å². The molecule has 0 saturated carbocycles. The highest BCUT2D eigenvalue weighted by Crippen LogP contribution is 2.21. The predicted octanol–water partition coefficient (Wildman–Crippen LogP) is 0.0874. The van der Waals surface area contributed by atoms with E-state index in [1.54, 1.807) is 0 Å². The number of hydrogen-bond acceptors (Lipinski definition) is 6. The molecule has 0 aliphatic rings. The van der Waals surface area contributed by atoms with Crippen LogP contribution in [0, 0.1) is 24.0 Å². The Hall–Kier alpha value is -2.45. The molecule has 1 aromatic heterocycles. The van der Waals surface area contributed by atoms with Crippen molar-refractivity contribution < 1.29 is 19.2 Å². The van der Waals surface area contributed by atoms with E-state index in [0.717, 1.165) is 0 Å². The van der Waals surface area contributed by atoms with Gasteiger partial charge in [0.1, 0.15) is 17.9 Å². The minimum Gasteiger partial charge on any atom is -0.469 e. The summed E-state index contributed by atoms with van der Waals surface area (Å²) >= 11 is 0. The lowest BCUT2D eigenvalue weighted by molar-refractivity contribution is -0.386. The smallest absolute Gasteiger partial charge is 0.312 e. The number of nitrogens with one attached hydrogen (secondary N) is 1. The van der Waals surface area contributed by atoms with Crippen molar-refractivity contribution in [1.29, 1.82) is 0 Å². The molecule has 0 unspecified atom stereocenters. The molecule has 0 radical (unpaired) electrons.